The summed E-state index contributed by atoms with van der Waals surface area (Å²) >= 11 is 0. The average Bonchev–Trinajstić information content (AvgIpc) is 2.69. The zero-order valence-corrected chi connectivity index (χ0v) is 9.22. The summed E-state index contributed by atoms with van der Waals surface area (Å²) < 4.78 is 2.14. The van der Waals surface area contributed by atoms with Gasteiger partial charge in [0.1, 0.15) is 5.82 Å². The molecule has 3 N–H and O–H groups in total. The lowest BCUT2D eigenvalue weighted by atomic mass is 10.0. The Morgan fingerprint density at radius 3 is 3.12 bits per heavy atom. The number of hydrogen-bond donors (Lipinski definition) is 2. The van der Waals surface area contributed by atoms with Crippen molar-refractivity contribution in [2.75, 3.05) is 6.54 Å². The van der Waals surface area contributed by atoms with E-state index in [0.717, 1.165) is 30.9 Å². The molecule has 1 aromatic heterocycles. The highest BCUT2D eigenvalue weighted by Crippen LogP contribution is 2.24. The van der Waals surface area contributed by atoms with Crippen LogP contribution in [0, 0.1) is 0 Å². The summed E-state index contributed by atoms with van der Waals surface area (Å²) in [5, 5.41) is 8.83. The number of nitrogens with zero attached hydrogens (tertiary/aromatic N) is 2. The number of hydrogen-bond acceptors (Lipinski definition) is 3. The second-order valence-electron chi connectivity index (χ2n) is 4.24. The van der Waals surface area contributed by atoms with Gasteiger partial charge in [-0.3, -0.25) is 4.79 Å². The average molecular weight is 223 g/mol. The minimum atomic E-state index is -0.804. The van der Waals surface area contributed by atoms with E-state index in [1.165, 1.54) is 6.42 Å². The van der Waals surface area contributed by atoms with Crippen LogP contribution in [0.3, 0.4) is 0 Å². The zero-order chi connectivity index (χ0) is 11.5. The van der Waals surface area contributed by atoms with Crippen molar-refractivity contribution >= 4 is 5.97 Å². The largest absolute Gasteiger partial charge is 0.481 e. The molecule has 0 aliphatic carbocycles. The van der Waals surface area contributed by atoms with Crippen molar-refractivity contribution in [3.05, 3.63) is 17.7 Å². The first-order chi connectivity index (χ1) is 7.72. The van der Waals surface area contributed by atoms with Gasteiger partial charge in [-0.05, 0) is 12.8 Å². The van der Waals surface area contributed by atoms with Gasteiger partial charge in [0, 0.05) is 37.3 Å². The molecule has 1 unspecified atom stereocenters. The van der Waals surface area contributed by atoms with Gasteiger partial charge in [0.2, 0.25) is 0 Å². The van der Waals surface area contributed by atoms with Crippen molar-refractivity contribution in [2.45, 2.75) is 38.1 Å². The Labute approximate surface area is 94.3 Å². The van der Waals surface area contributed by atoms with Crippen LogP contribution in [0.1, 0.15) is 36.7 Å². The normalized spacial score (nSPS) is 16.8. The molecule has 5 heteroatoms. The van der Waals surface area contributed by atoms with Gasteiger partial charge in [-0.15, -0.1) is 0 Å². The van der Waals surface area contributed by atoms with Crippen molar-refractivity contribution in [1.29, 1.82) is 0 Å². The Hall–Kier alpha value is -1.36. The molecule has 1 atom stereocenters. The Balaban J connectivity index is 2.24. The summed E-state index contributed by atoms with van der Waals surface area (Å²) in [6.07, 6.45) is 5.18. The fraction of sp³-hybridized carbons (Fsp3) is 0.636. The molecule has 1 aromatic rings. The smallest absolute Gasteiger partial charge is 0.304 e. The number of carboxylic acids is 1. The molecule has 1 aliphatic rings. The molecular formula is C11H17N3O2. The van der Waals surface area contributed by atoms with E-state index in [-0.39, 0.29) is 12.3 Å². The summed E-state index contributed by atoms with van der Waals surface area (Å²) in [4.78, 5) is 15.1. The van der Waals surface area contributed by atoms with Crippen LogP contribution in [0.15, 0.2) is 6.20 Å². The van der Waals surface area contributed by atoms with E-state index in [2.05, 4.69) is 9.55 Å². The number of rotatable bonds is 4. The number of aliphatic carboxylic acids is 1. The maximum atomic E-state index is 10.7. The summed E-state index contributed by atoms with van der Waals surface area (Å²) in [6.45, 7) is 1.30. The molecule has 88 valence electrons. The molecule has 0 radical (unpaired) electrons. The fourth-order valence-electron chi connectivity index (χ4n) is 2.28. The Morgan fingerprint density at radius 1 is 1.62 bits per heavy atom. The summed E-state index contributed by atoms with van der Waals surface area (Å²) in [5.74, 6) is 0.156. The van der Waals surface area contributed by atoms with Crippen molar-refractivity contribution < 1.29 is 9.90 Å². The lowest BCUT2D eigenvalue weighted by molar-refractivity contribution is -0.137. The minimum Gasteiger partial charge on any atom is -0.481 e. The van der Waals surface area contributed by atoms with Gasteiger partial charge in [-0.25, -0.2) is 4.98 Å². The first-order valence-corrected chi connectivity index (χ1v) is 5.68. The van der Waals surface area contributed by atoms with E-state index in [9.17, 15) is 4.79 Å². The molecule has 0 saturated carbocycles. The number of imidazole rings is 1. The fourth-order valence-corrected chi connectivity index (χ4v) is 2.28. The maximum absolute atomic E-state index is 10.7. The Bertz CT molecular complexity index is 387. The van der Waals surface area contributed by atoms with E-state index in [0.29, 0.717) is 6.54 Å². The van der Waals surface area contributed by atoms with Crippen molar-refractivity contribution in [3.63, 3.8) is 0 Å². The monoisotopic (exact) mass is 223 g/mol. The van der Waals surface area contributed by atoms with E-state index < -0.39 is 5.97 Å². The van der Waals surface area contributed by atoms with Gasteiger partial charge < -0.3 is 15.4 Å². The Kier molecular flexibility index (Phi) is 3.24. The van der Waals surface area contributed by atoms with Crippen LogP contribution < -0.4 is 5.73 Å². The van der Waals surface area contributed by atoms with Gasteiger partial charge in [0.25, 0.3) is 0 Å². The standard InChI is InChI=1S/C11H17N3O2/c12-6-8(5-11(15)16)9-7-13-10-3-1-2-4-14(9)10/h7-8H,1-6,12H2,(H,15,16). The molecule has 0 aromatic carbocycles. The summed E-state index contributed by atoms with van der Waals surface area (Å²) in [5.41, 5.74) is 6.63. The molecular weight excluding hydrogens is 206 g/mol. The van der Waals surface area contributed by atoms with Crippen LogP contribution >= 0.6 is 0 Å². The predicted octanol–water partition coefficient (Wildman–Crippen LogP) is 0.736. The van der Waals surface area contributed by atoms with Crippen LogP contribution in [0.5, 0.6) is 0 Å². The Morgan fingerprint density at radius 2 is 2.44 bits per heavy atom. The van der Waals surface area contributed by atoms with Gasteiger partial charge in [-0.2, -0.15) is 0 Å². The van der Waals surface area contributed by atoms with Crippen molar-refractivity contribution in [1.82, 2.24) is 9.55 Å². The second-order valence-corrected chi connectivity index (χ2v) is 4.24. The van der Waals surface area contributed by atoms with Crippen LogP contribution in [0.2, 0.25) is 0 Å². The zero-order valence-electron chi connectivity index (χ0n) is 9.22. The summed E-state index contributed by atoms with van der Waals surface area (Å²) in [7, 11) is 0. The molecule has 0 amide bonds. The molecule has 0 fully saturated rings. The van der Waals surface area contributed by atoms with Crippen LogP contribution in [-0.2, 0) is 17.8 Å². The number of carbonyl (C=O) groups is 1. The van der Waals surface area contributed by atoms with E-state index in [4.69, 9.17) is 10.8 Å². The second kappa shape index (κ2) is 4.65. The minimum absolute atomic E-state index is 0.0850. The highest BCUT2D eigenvalue weighted by Gasteiger charge is 2.21. The third-order valence-electron chi connectivity index (χ3n) is 3.13. The van der Waals surface area contributed by atoms with Crippen molar-refractivity contribution in [3.8, 4) is 0 Å². The molecule has 0 spiro atoms. The number of aromatic nitrogens is 2. The van der Waals surface area contributed by atoms with E-state index >= 15 is 0 Å². The molecule has 2 heterocycles. The first kappa shape index (κ1) is 11.1. The molecule has 5 nitrogen and oxygen atoms in total. The predicted molar refractivity (Wildman–Crippen MR) is 59.2 cm³/mol. The van der Waals surface area contributed by atoms with Gasteiger partial charge >= 0.3 is 5.97 Å². The van der Waals surface area contributed by atoms with Gasteiger partial charge in [0.15, 0.2) is 0 Å². The molecule has 2 rings (SSSR count). The number of aryl methyl sites for hydroxylation is 1. The lowest BCUT2D eigenvalue weighted by Crippen LogP contribution is -2.21. The first-order valence-electron chi connectivity index (χ1n) is 5.68. The summed E-state index contributed by atoms with van der Waals surface area (Å²) in [6, 6.07) is 0. The maximum Gasteiger partial charge on any atom is 0.304 e. The molecule has 16 heavy (non-hydrogen) atoms. The van der Waals surface area contributed by atoms with Crippen LogP contribution in [0.25, 0.3) is 0 Å². The molecule has 0 bridgehead atoms. The SMILES string of the molecule is NCC(CC(=O)O)c1cnc2n1CCCC2. The number of nitrogens with two attached hydrogens (primary N) is 1. The highest BCUT2D eigenvalue weighted by atomic mass is 16.4. The van der Waals surface area contributed by atoms with Crippen LogP contribution in [-0.4, -0.2) is 27.2 Å². The van der Waals surface area contributed by atoms with E-state index in [1.807, 2.05) is 0 Å². The van der Waals surface area contributed by atoms with Gasteiger partial charge in [0.05, 0.1) is 6.42 Å². The molecule has 1 aliphatic heterocycles. The third-order valence-corrected chi connectivity index (χ3v) is 3.13. The van der Waals surface area contributed by atoms with Gasteiger partial charge in [-0.1, -0.05) is 0 Å². The van der Waals surface area contributed by atoms with Crippen LogP contribution in [0.4, 0.5) is 0 Å². The topological polar surface area (TPSA) is 81.1 Å². The number of fused-ring (bicyclic) bond motifs is 1. The quantitative estimate of drug-likeness (QED) is 0.788. The molecule has 0 saturated heterocycles. The third kappa shape index (κ3) is 2.09. The highest BCUT2D eigenvalue weighted by molar-refractivity contribution is 5.68. The van der Waals surface area contributed by atoms with E-state index in [1.54, 1.807) is 6.20 Å². The number of carboxylic acid groups (broad SMARTS) is 1. The lowest BCUT2D eigenvalue weighted by Gasteiger charge is -2.20. The van der Waals surface area contributed by atoms with Crippen molar-refractivity contribution in [2.24, 2.45) is 5.73 Å².